The lowest BCUT2D eigenvalue weighted by atomic mass is 9.95. The summed E-state index contributed by atoms with van der Waals surface area (Å²) in [4.78, 5) is 12.7. The summed E-state index contributed by atoms with van der Waals surface area (Å²) < 4.78 is 28.9. The molecule has 0 bridgehead atoms. The minimum atomic E-state index is -0.455. The lowest BCUT2D eigenvalue weighted by Crippen LogP contribution is -2.48. The van der Waals surface area contributed by atoms with Gasteiger partial charge in [0, 0.05) is 43.9 Å². The molecule has 0 radical (unpaired) electrons. The van der Waals surface area contributed by atoms with E-state index in [9.17, 15) is 4.39 Å². The first-order valence-corrected chi connectivity index (χ1v) is 11.0. The van der Waals surface area contributed by atoms with Crippen molar-refractivity contribution in [3.05, 3.63) is 66.0 Å². The molecule has 3 aromatic carbocycles. The Morgan fingerprint density at radius 3 is 2.44 bits per heavy atom. The Hall–Kier alpha value is -3.12. The average Bonchev–Trinajstić information content (AvgIpc) is 2.84. The van der Waals surface area contributed by atoms with Gasteiger partial charge < -0.3 is 4.90 Å². The predicted octanol–water partition coefficient (Wildman–Crippen LogP) is 5.68. The van der Waals surface area contributed by atoms with Crippen molar-refractivity contribution in [3.63, 3.8) is 0 Å². The van der Waals surface area contributed by atoms with Gasteiger partial charge in [0.05, 0.1) is 0 Å². The van der Waals surface area contributed by atoms with Crippen LogP contribution in [-0.4, -0.2) is 61.9 Å². The van der Waals surface area contributed by atoms with E-state index in [0.29, 0.717) is 49.7 Å². The molecule has 1 fully saturated rings. The minimum Gasteiger partial charge on any atom is -0.354 e. The van der Waals surface area contributed by atoms with Crippen molar-refractivity contribution < 1.29 is 8.78 Å². The number of aliphatic imine (C=N–C) groups is 2. The Morgan fingerprint density at radius 1 is 0.969 bits per heavy atom. The number of hydrogen-bond acceptors (Lipinski definition) is 3. The number of nitrogens with zero attached hydrogens (tertiary/aromatic N) is 4. The Labute approximate surface area is 187 Å². The third-order valence-electron chi connectivity index (χ3n) is 5.92. The summed E-state index contributed by atoms with van der Waals surface area (Å²) in [5, 5.41) is 2.04. The highest BCUT2D eigenvalue weighted by Crippen LogP contribution is 2.36. The van der Waals surface area contributed by atoms with Gasteiger partial charge in [-0.15, -0.1) is 0 Å². The molecule has 0 N–H and O–H groups in total. The van der Waals surface area contributed by atoms with Crippen molar-refractivity contribution in [1.29, 1.82) is 0 Å². The van der Waals surface area contributed by atoms with Crippen molar-refractivity contribution in [1.82, 2.24) is 9.80 Å². The molecule has 0 saturated carbocycles. The number of hydrogen-bond donors (Lipinski definition) is 0. The lowest BCUT2D eigenvalue weighted by molar-refractivity contribution is 0.129. The van der Waals surface area contributed by atoms with Crippen LogP contribution in [0.3, 0.4) is 0 Å². The van der Waals surface area contributed by atoms with Gasteiger partial charge in [-0.25, -0.2) is 8.78 Å². The van der Waals surface area contributed by atoms with Gasteiger partial charge in [-0.05, 0) is 35.5 Å². The largest absolute Gasteiger partial charge is 0.354 e. The molecule has 32 heavy (non-hydrogen) atoms. The quantitative estimate of drug-likeness (QED) is 0.284. The van der Waals surface area contributed by atoms with Crippen LogP contribution in [0.1, 0.15) is 18.9 Å². The molecule has 0 amide bonds. The predicted molar refractivity (Wildman–Crippen MR) is 129 cm³/mol. The van der Waals surface area contributed by atoms with Gasteiger partial charge >= 0.3 is 0 Å². The summed E-state index contributed by atoms with van der Waals surface area (Å²) in [7, 11) is 0. The molecule has 1 aliphatic heterocycles. The highest BCUT2D eigenvalue weighted by atomic mass is 19.1. The summed E-state index contributed by atoms with van der Waals surface area (Å²) in [5.74, 6) is 0.302. The maximum atomic E-state index is 15.8. The van der Waals surface area contributed by atoms with Crippen molar-refractivity contribution in [2.45, 2.75) is 13.3 Å². The molecule has 0 aromatic heterocycles. The summed E-state index contributed by atoms with van der Waals surface area (Å²) in [6.45, 7) is 8.37. The van der Waals surface area contributed by atoms with Crippen molar-refractivity contribution in [2.24, 2.45) is 9.98 Å². The first-order chi connectivity index (χ1) is 15.7. The van der Waals surface area contributed by atoms with Crippen LogP contribution in [0.2, 0.25) is 0 Å². The third-order valence-corrected chi connectivity index (χ3v) is 5.92. The van der Waals surface area contributed by atoms with E-state index in [2.05, 4.69) is 23.5 Å². The molecule has 1 aliphatic rings. The van der Waals surface area contributed by atoms with Gasteiger partial charge in [-0.3, -0.25) is 14.9 Å². The SMILES string of the molecule is C=Nc1c(C(=NCCC)N2CCN(CF)CC2)ccc(-c2cccc3ccccc23)c1F. The highest BCUT2D eigenvalue weighted by molar-refractivity contribution is 6.05. The molecule has 0 aliphatic carbocycles. The lowest BCUT2D eigenvalue weighted by Gasteiger charge is -2.35. The second-order valence-electron chi connectivity index (χ2n) is 7.94. The number of alkyl halides is 1. The van der Waals surface area contributed by atoms with E-state index >= 15 is 4.39 Å². The fraction of sp³-hybridized carbons (Fsp3) is 0.308. The fourth-order valence-corrected chi connectivity index (χ4v) is 4.22. The molecule has 4 rings (SSSR count). The van der Waals surface area contributed by atoms with Crippen LogP contribution >= 0.6 is 0 Å². The molecule has 3 aromatic rings. The second kappa shape index (κ2) is 10.0. The van der Waals surface area contributed by atoms with Crippen molar-refractivity contribution in [3.8, 4) is 11.1 Å². The van der Waals surface area contributed by atoms with Crippen LogP contribution in [0.5, 0.6) is 0 Å². The van der Waals surface area contributed by atoms with Crippen LogP contribution in [0, 0.1) is 5.82 Å². The molecular formula is C26H28F2N4. The van der Waals surface area contributed by atoms with E-state index in [1.165, 1.54) is 0 Å². The number of piperazine rings is 1. The molecule has 0 atom stereocenters. The zero-order valence-corrected chi connectivity index (χ0v) is 18.4. The smallest absolute Gasteiger partial charge is 0.157 e. The third kappa shape index (κ3) is 4.28. The molecule has 166 valence electrons. The first-order valence-electron chi connectivity index (χ1n) is 11.0. The van der Waals surface area contributed by atoms with Crippen LogP contribution in [-0.2, 0) is 0 Å². The normalized spacial score (nSPS) is 15.3. The van der Waals surface area contributed by atoms with E-state index in [1.54, 1.807) is 11.0 Å². The highest BCUT2D eigenvalue weighted by Gasteiger charge is 2.25. The molecule has 6 heteroatoms. The van der Waals surface area contributed by atoms with Crippen LogP contribution < -0.4 is 0 Å². The summed E-state index contributed by atoms with van der Waals surface area (Å²) in [6, 6.07) is 17.5. The van der Waals surface area contributed by atoms with Crippen molar-refractivity contribution >= 4 is 29.0 Å². The Kier molecular flexibility index (Phi) is 6.90. The fourth-order valence-electron chi connectivity index (χ4n) is 4.22. The number of benzene rings is 3. The maximum Gasteiger partial charge on any atom is 0.157 e. The Balaban J connectivity index is 1.79. The molecule has 1 heterocycles. The first kappa shape index (κ1) is 22.1. The number of fused-ring (bicyclic) bond motifs is 1. The Bertz CT molecular complexity index is 1130. The van der Waals surface area contributed by atoms with E-state index in [1.807, 2.05) is 48.5 Å². The van der Waals surface area contributed by atoms with E-state index in [-0.39, 0.29) is 5.69 Å². The molecule has 1 saturated heterocycles. The van der Waals surface area contributed by atoms with Gasteiger partial charge in [0.2, 0.25) is 0 Å². The van der Waals surface area contributed by atoms with Crippen molar-refractivity contribution in [2.75, 3.05) is 39.5 Å². The molecule has 4 nitrogen and oxygen atoms in total. The maximum absolute atomic E-state index is 15.8. The van der Waals surface area contributed by atoms with E-state index in [4.69, 9.17) is 4.99 Å². The van der Waals surface area contributed by atoms with Crippen LogP contribution in [0.15, 0.2) is 64.6 Å². The number of amidine groups is 1. The topological polar surface area (TPSA) is 31.2 Å². The van der Waals surface area contributed by atoms with Crippen LogP contribution in [0.4, 0.5) is 14.5 Å². The monoisotopic (exact) mass is 434 g/mol. The zero-order valence-electron chi connectivity index (χ0n) is 18.4. The standard InChI is InChI=1S/C26H28F2N4/c1-3-13-30-26(32-16-14-31(18-27)15-17-32)23-12-11-22(24(28)25(23)29-2)21-10-6-8-19-7-4-5-9-20(19)21/h4-12H,2-3,13-18H2,1H3. The second-order valence-corrected chi connectivity index (χ2v) is 7.94. The van der Waals surface area contributed by atoms with E-state index in [0.717, 1.165) is 22.8 Å². The van der Waals surface area contributed by atoms with Gasteiger partial charge in [0.25, 0.3) is 0 Å². The minimum absolute atomic E-state index is 0.207. The number of rotatable bonds is 6. The number of halogens is 2. The Morgan fingerprint density at radius 2 is 1.72 bits per heavy atom. The summed E-state index contributed by atoms with van der Waals surface area (Å²) in [6.07, 6.45) is 0.876. The molecular weight excluding hydrogens is 406 g/mol. The molecule has 0 spiro atoms. The summed E-state index contributed by atoms with van der Waals surface area (Å²) in [5.41, 5.74) is 2.15. The van der Waals surface area contributed by atoms with Gasteiger partial charge in [-0.2, -0.15) is 0 Å². The van der Waals surface area contributed by atoms with Gasteiger partial charge in [-0.1, -0.05) is 55.5 Å². The molecule has 0 unspecified atom stereocenters. The average molecular weight is 435 g/mol. The van der Waals surface area contributed by atoms with Crippen LogP contribution in [0.25, 0.3) is 21.9 Å². The van der Waals surface area contributed by atoms with Gasteiger partial charge in [0.1, 0.15) is 18.3 Å². The van der Waals surface area contributed by atoms with Gasteiger partial charge in [0.15, 0.2) is 5.82 Å². The zero-order chi connectivity index (χ0) is 22.5. The summed E-state index contributed by atoms with van der Waals surface area (Å²) >= 11 is 0. The van der Waals surface area contributed by atoms with E-state index < -0.39 is 12.6 Å².